The summed E-state index contributed by atoms with van der Waals surface area (Å²) in [7, 11) is 0. The van der Waals surface area contributed by atoms with Crippen LogP contribution in [0.3, 0.4) is 0 Å². The average molecular weight is 491 g/mol. The number of para-hydroxylation sites is 2. The van der Waals surface area contributed by atoms with Crippen LogP contribution in [0.5, 0.6) is 0 Å². The van der Waals surface area contributed by atoms with E-state index in [1.54, 1.807) is 11.1 Å². The summed E-state index contributed by atoms with van der Waals surface area (Å²) in [5.41, 5.74) is 7.57. The molecule has 3 fully saturated rings. The molecule has 3 unspecified atom stereocenters. The van der Waals surface area contributed by atoms with Gasteiger partial charge in [-0.25, -0.2) is 0 Å². The molecule has 4 aliphatic rings. The van der Waals surface area contributed by atoms with Crippen LogP contribution in [-0.4, -0.2) is 18.2 Å². The van der Waals surface area contributed by atoms with Crippen LogP contribution in [0.15, 0.2) is 78.9 Å². The van der Waals surface area contributed by atoms with Gasteiger partial charge < -0.3 is 9.80 Å². The fourth-order valence-electron chi connectivity index (χ4n) is 9.24. The summed E-state index contributed by atoms with van der Waals surface area (Å²) in [4.78, 5) is 5.85. The van der Waals surface area contributed by atoms with Crippen LogP contribution in [0, 0.1) is 18.8 Å². The molecule has 2 aliphatic carbocycles. The zero-order valence-corrected chi connectivity index (χ0v) is 22.7. The van der Waals surface area contributed by atoms with Crippen LogP contribution >= 0.6 is 0 Å². The molecule has 2 heteroatoms. The van der Waals surface area contributed by atoms with Crippen LogP contribution in [0.25, 0.3) is 0 Å². The largest absolute Gasteiger partial charge is 0.346 e. The molecule has 0 aromatic heterocycles. The van der Waals surface area contributed by atoms with E-state index in [2.05, 4.69) is 103 Å². The van der Waals surface area contributed by atoms with Crippen molar-refractivity contribution in [3.63, 3.8) is 0 Å². The highest BCUT2D eigenvalue weighted by Crippen LogP contribution is 2.62. The minimum Gasteiger partial charge on any atom is -0.346 e. The third kappa shape index (κ3) is 3.37. The minimum atomic E-state index is 0.0398. The normalized spacial score (nSPS) is 30.1. The van der Waals surface area contributed by atoms with Crippen LogP contribution in [0.2, 0.25) is 0 Å². The highest BCUT2D eigenvalue weighted by molar-refractivity contribution is 5.74. The Kier molecular flexibility index (Phi) is 5.83. The molecule has 0 radical (unpaired) electrons. The molecule has 3 aromatic rings. The monoisotopic (exact) mass is 490 g/mol. The summed E-state index contributed by atoms with van der Waals surface area (Å²) in [6, 6.07) is 31.3. The lowest BCUT2D eigenvalue weighted by atomic mass is 9.61. The van der Waals surface area contributed by atoms with Gasteiger partial charge in [-0.2, -0.15) is 0 Å². The first kappa shape index (κ1) is 23.4. The Balaban J connectivity index is 1.49. The van der Waals surface area contributed by atoms with Crippen molar-refractivity contribution in [2.24, 2.45) is 11.8 Å². The molecule has 0 amide bonds. The van der Waals surface area contributed by atoms with Gasteiger partial charge in [-0.3, -0.25) is 0 Å². The maximum atomic E-state index is 2.97. The van der Waals surface area contributed by atoms with Crippen molar-refractivity contribution in [2.75, 3.05) is 9.80 Å². The van der Waals surface area contributed by atoms with Crippen molar-refractivity contribution in [1.82, 2.24) is 0 Å². The first-order valence-corrected chi connectivity index (χ1v) is 15.0. The number of benzene rings is 3. The quantitative estimate of drug-likeness (QED) is 0.362. The highest BCUT2D eigenvalue weighted by Gasteiger charge is 2.64. The maximum Gasteiger partial charge on any atom is 0.105 e. The Morgan fingerprint density at radius 2 is 1.27 bits per heavy atom. The van der Waals surface area contributed by atoms with Gasteiger partial charge in [-0.05, 0) is 80.2 Å². The topological polar surface area (TPSA) is 6.48 Å². The first-order valence-electron chi connectivity index (χ1n) is 15.0. The van der Waals surface area contributed by atoms with Crippen LogP contribution < -0.4 is 9.80 Å². The number of hydrogen-bond acceptors (Lipinski definition) is 2. The smallest absolute Gasteiger partial charge is 0.105 e. The molecule has 2 aliphatic heterocycles. The summed E-state index contributed by atoms with van der Waals surface area (Å²) in [6.07, 6.45) is 12.7. The van der Waals surface area contributed by atoms with E-state index in [0.717, 1.165) is 0 Å². The van der Waals surface area contributed by atoms with Crippen LogP contribution in [-0.2, 0) is 5.41 Å². The molecule has 3 aromatic carbocycles. The molecule has 2 saturated carbocycles. The third-order valence-corrected chi connectivity index (χ3v) is 10.6. The van der Waals surface area contributed by atoms with Crippen molar-refractivity contribution in [3.05, 3.63) is 95.6 Å². The van der Waals surface area contributed by atoms with E-state index in [-0.39, 0.29) is 5.41 Å². The predicted molar refractivity (Wildman–Crippen MR) is 155 cm³/mol. The van der Waals surface area contributed by atoms with Gasteiger partial charge in [0.2, 0.25) is 0 Å². The molecule has 7 rings (SSSR count). The third-order valence-electron chi connectivity index (χ3n) is 10.6. The molecule has 2 heterocycles. The molecule has 0 spiro atoms. The molecule has 0 bridgehead atoms. The van der Waals surface area contributed by atoms with E-state index in [4.69, 9.17) is 0 Å². The number of hydrogen-bond donors (Lipinski definition) is 0. The average Bonchev–Trinajstić information content (AvgIpc) is 3.65. The Morgan fingerprint density at radius 1 is 0.649 bits per heavy atom. The molecular weight excluding hydrogens is 448 g/mol. The molecule has 2 nitrogen and oxygen atoms in total. The van der Waals surface area contributed by atoms with E-state index < -0.39 is 0 Å². The van der Waals surface area contributed by atoms with Gasteiger partial charge in [0.15, 0.2) is 0 Å². The number of fused-ring (bicyclic) bond motifs is 3. The van der Waals surface area contributed by atoms with E-state index >= 15 is 0 Å². The van der Waals surface area contributed by atoms with Gasteiger partial charge in [-0.1, -0.05) is 98.8 Å². The van der Waals surface area contributed by atoms with Crippen molar-refractivity contribution in [2.45, 2.75) is 95.3 Å². The summed E-state index contributed by atoms with van der Waals surface area (Å²) in [6.45, 7) is 4.88. The van der Waals surface area contributed by atoms with Crippen molar-refractivity contribution < 1.29 is 0 Å². The number of anilines is 2. The molecule has 4 atom stereocenters. The molecule has 37 heavy (non-hydrogen) atoms. The van der Waals surface area contributed by atoms with Crippen LogP contribution in [0.4, 0.5) is 11.4 Å². The summed E-state index contributed by atoms with van der Waals surface area (Å²) >= 11 is 0. The predicted octanol–water partition coefficient (Wildman–Crippen LogP) is 8.48. The van der Waals surface area contributed by atoms with Gasteiger partial charge in [-0.15, -0.1) is 0 Å². The summed E-state index contributed by atoms with van der Waals surface area (Å²) in [5, 5.41) is 0. The second-order valence-electron chi connectivity index (χ2n) is 12.3. The minimum absolute atomic E-state index is 0.0398. The van der Waals surface area contributed by atoms with E-state index in [9.17, 15) is 0 Å². The molecular formula is C35H42N2. The van der Waals surface area contributed by atoms with Gasteiger partial charge in [0.25, 0.3) is 0 Å². The van der Waals surface area contributed by atoms with Crippen molar-refractivity contribution >= 4 is 11.4 Å². The first-order chi connectivity index (χ1) is 18.2. The lowest BCUT2D eigenvalue weighted by molar-refractivity contribution is 0.270. The molecule has 1 saturated heterocycles. The van der Waals surface area contributed by atoms with Gasteiger partial charge in [0.05, 0.1) is 6.04 Å². The lowest BCUT2D eigenvalue weighted by Crippen LogP contribution is -2.52. The second-order valence-corrected chi connectivity index (χ2v) is 12.3. The Bertz CT molecular complexity index is 1240. The van der Waals surface area contributed by atoms with Crippen molar-refractivity contribution in [3.8, 4) is 0 Å². The van der Waals surface area contributed by atoms with Gasteiger partial charge in [0.1, 0.15) is 6.17 Å². The van der Waals surface area contributed by atoms with E-state index in [1.165, 1.54) is 74.7 Å². The Hall–Kier alpha value is -2.74. The van der Waals surface area contributed by atoms with E-state index in [0.29, 0.717) is 30.1 Å². The number of aryl methyl sites for hydroxylation is 1. The lowest BCUT2D eigenvalue weighted by Gasteiger charge is -2.44. The SMILES string of the molecule is Cc1ccccc1N1C(C2CCCCC2)N2c3ccccc3C(c3ccccc3)(C3CCCC3)C2[C@@H]1C. The Labute approximate surface area is 223 Å². The van der Waals surface area contributed by atoms with E-state index in [1.807, 2.05) is 0 Å². The van der Waals surface area contributed by atoms with Crippen LogP contribution in [0.1, 0.15) is 81.4 Å². The fraction of sp³-hybridized carbons (Fsp3) is 0.486. The Morgan fingerprint density at radius 3 is 2.00 bits per heavy atom. The maximum absolute atomic E-state index is 2.97. The standard InChI is InChI=1S/C35H42N2/c1-25-15-9-13-23-31(25)36-26(2)33-35(29-20-10-11-21-29,28-18-7-4-8-19-28)30-22-12-14-24-32(30)37(33)34(36)27-16-5-3-6-17-27/h4,7-9,12-15,18-19,22-24,26-27,29,33-34H,3,5-6,10-11,16-17,20-21H2,1-2H3/t26-,33?,34?,35?/m0/s1. The summed E-state index contributed by atoms with van der Waals surface area (Å²) in [5.74, 6) is 1.40. The summed E-state index contributed by atoms with van der Waals surface area (Å²) < 4.78 is 0. The number of rotatable bonds is 4. The number of nitrogens with zero attached hydrogens (tertiary/aromatic N) is 2. The second kappa shape index (κ2) is 9.22. The fourth-order valence-corrected chi connectivity index (χ4v) is 9.24. The zero-order valence-electron chi connectivity index (χ0n) is 22.7. The molecule has 0 N–H and O–H groups in total. The highest BCUT2D eigenvalue weighted by atomic mass is 15.5. The zero-order chi connectivity index (χ0) is 25.0. The van der Waals surface area contributed by atoms with Crippen molar-refractivity contribution in [1.29, 1.82) is 0 Å². The van der Waals surface area contributed by atoms with Gasteiger partial charge >= 0.3 is 0 Å². The van der Waals surface area contributed by atoms with Gasteiger partial charge in [0, 0.05) is 22.8 Å². The molecule has 192 valence electrons.